The van der Waals surface area contributed by atoms with Crippen LogP contribution < -0.4 is 4.74 Å². The summed E-state index contributed by atoms with van der Waals surface area (Å²) in [5.74, 6) is -0.631. The van der Waals surface area contributed by atoms with Gasteiger partial charge in [-0.3, -0.25) is 0 Å². The molecule has 2 aromatic carbocycles. The van der Waals surface area contributed by atoms with Crippen LogP contribution in [0.15, 0.2) is 60.7 Å². The minimum Gasteiger partial charge on any atom is -0.462 e. The fraction of sp³-hybridized carbons (Fsp3) is 0.200. The number of esters is 2. The maximum Gasteiger partial charge on any atom is 0.341 e. The van der Waals surface area contributed by atoms with Crippen molar-refractivity contribution >= 4 is 18.0 Å². The lowest BCUT2D eigenvalue weighted by molar-refractivity contribution is -0.128. The van der Waals surface area contributed by atoms with E-state index in [0.29, 0.717) is 6.61 Å². The second-order valence-corrected chi connectivity index (χ2v) is 5.65. The number of carbonyl (C=O) groups is 2. The molecule has 24 heavy (non-hydrogen) atoms. The van der Waals surface area contributed by atoms with Gasteiger partial charge in [0.2, 0.25) is 0 Å². The third kappa shape index (κ3) is 5.39. The van der Waals surface area contributed by atoms with Crippen molar-refractivity contribution < 1.29 is 19.1 Å². The lowest BCUT2D eigenvalue weighted by Crippen LogP contribution is -2.13. The van der Waals surface area contributed by atoms with Gasteiger partial charge in [0.05, 0.1) is 6.61 Å². The molecule has 0 unspecified atom stereocenters. The summed E-state index contributed by atoms with van der Waals surface area (Å²) in [4.78, 5) is 24.1. The summed E-state index contributed by atoms with van der Waals surface area (Å²) in [7, 11) is 0. The molecule has 0 aliphatic carbocycles. The van der Waals surface area contributed by atoms with Crippen LogP contribution in [-0.4, -0.2) is 18.5 Å². The number of ether oxygens (including phenoxy) is 2. The van der Waals surface area contributed by atoms with Crippen molar-refractivity contribution in [2.45, 2.75) is 13.8 Å². The Morgan fingerprint density at radius 3 is 2.38 bits per heavy atom. The fourth-order valence-electron chi connectivity index (χ4n) is 1.92. The average Bonchev–Trinajstić information content (AvgIpc) is 2.59. The van der Waals surface area contributed by atoms with E-state index in [1.807, 2.05) is 44.2 Å². The lowest BCUT2D eigenvalue weighted by Gasteiger charge is -2.10. The van der Waals surface area contributed by atoms with E-state index in [1.54, 1.807) is 30.3 Å². The highest BCUT2D eigenvalue weighted by molar-refractivity contribution is 5.95. The van der Waals surface area contributed by atoms with Gasteiger partial charge < -0.3 is 9.47 Å². The van der Waals surface area contributed by atoms with Crippen LogP contribution in [0.5, 0.6) is 5.75 Å². The topological polar surface area (TPSA) is 52.6 Å². The zero-order valence-corrected chi connectivity index (χ0v) is 13.8. The van der Waals surface area contributed by atoms with Crippen molar-refractivity contribution in [1.29, 1.82) is 0 Å². The molecule has 0 bridgehead atoms. The molecule has 0 spiro atoms. The molecule has 4 nitrogen and oxygen atoms in total. The van der Waals surface area contributed by atoms with Gasteiger partial charge in [0.15, 0.2) is 0 Å². The second kappa shape index (κ2) is 8.67. The van der Waals surface area contributed by atoms with Gasteiger partial charge >= 0.3 is 11.9 Å². The van der Waals surface area contributed by atoms with Crippen molar-refractivity contribution in [2.24, 2.45) is 5.92 Å². The average molecular weight is 324 g/mol. The van der Waals surface area contributed by atoms with Gasteiger partial charge in [-0.15, -0.1) is 0 Å². The first-order chi connectivity index (χ1) is 11.6. The SMILES string of the molecule is CC(C)COC(=O)c1ccccc1OC(=O)C=Cc1ccccc1. The highest BCUT2D eigenvalue weighted by atomic mass is 16.5. The van der Waals surface area contributed by atoms with Crippen molar-refractivity contribution in [2.75, 3.05) is 6.61 Å². The van der Waals surface area contributed by atoms with Crippen LogP contribution in [0, 0.1) is 5.92 Å². The Balaban J connectivity index is 2.05. The summed E-state index contributed by atoms with van der Waals surface area (Å²) in [5, 5.41) is 0. The first kappa shape index (κ1) is 17.5. The Bertz CT molecular complexity index is 717. The Kier molecular flexibility index (Phi) is 6.32. The van der Waals surface area contributed by atoms with Gasteiger partial charge in [0.25, 0.3) is 0 Å². The molecule has 0 heterocycles. The van der Waals surface area contributed by atoms with Gasteiger partial charge in [-0.25, -0.2) is 9.59 Å². The predicted octanol–water partition coefficient (Wildman–Crippen LogP) is 4.12. The molecule has 0 saturated carbocycles. The third-order valence-corrected chi connectivity index (χ3v) is 3.08. The molecular formula is C20H20O4. The molecule has 0 aromatic heterocycles. The number of hydrogen-bond donors (Lipinski definition) is 0. The molecular weight excluding hydrogens is 304 g/mol. The molecule has 2 aromatic rings. The molecule has 2 rings (SSSR count). The minimum absolute atomic E-state index is 0.189. The normalized spacial score (nSPS) is 10.8. The number of para-hydroxylation sites is 1. The van der Waals surface area contributed by atoms with Crippen LogP contribution in [0.1, 0.15) is 29.8 Å². The van der Waals surface area contributed by atoms with Crippen LogP contribution in [0.3, 0.4) is 0 Å². The van der Waals surface area contributed by atoms with Crippen LogP contribution >= 0.6 is 0 Å². The van der Waals surface area contributed by atoms with Crippen LogP contribution in [0.4, 0.5) is 0 Å². The zero-order valence-electron chi connectivity index (χ0n) is 13.8. The van der Waals surface area contributed by atoms with E-state index in [9.17, 15) is 9.59 Å². The maximum absolute atomic E-state index is 12.1. The zero-order chi connectivity index (χ0) is 17.4. The van der Waals surface area contributed by atoms with E-state index < -0.39 is 11.9 Å². The van der Waals surface area contributed by atoms with Gasteiger partial charge in [-0.2, -0.15) is 0 Å². The van der Waals surface area contributed by atoms with Gasteiger partial charge in [0, 0.05) is 6.08 Å². The maximum atomic E-state index is 12.1. The molecule has 0 saturated heterocycles. The van der Waals surface area contributed by atoms with E-state index in [4.69, 9.17) is 9.47 Å². The molecule has 0 amide bonds. The standard InChI is InChI=1S/C20H20O4/c1-15(2)14-23-20(22)17-10-6-7-11-18(17)24-19(21)13-12-16-8-4-3-5-9-16/h3-13,15H,14H2,1-2H3. The van der Waals surface area contributed by atoms with Crippen LogP contribution in [0.2, 0.25) is 0 Å². The van der Waals surface area contributed by atoms with E-state index in [0.717, 1.165) is 5.56 Å². The number of carbonyl (C=O) groups excluding carboxylic acids is 2. The monoisotopic (exact) mass is 324 g/mol. The summed E-state index contributed by atoms with van der Waals surface area (Å²) in [6.45, 7) is 4.22. The largest absolute Gasteiger partial charge is 0.462 e. The number of benzene rings is 2. The molecule has 0 fully saturated rings. The van der Waals surface area contributed by atoms with Crippen molar-refractivity contribution in [1.82, 2.24) is 0 Å². The summed E-state index contributed by atoms with van der Waals surface area (Å²) < 4.78 is 10.5. The van der Waals surface area contributed by atoms with Crippen molar-refractivity contribution in [3.63, 3.8) is 0 Å². The fourth-order valence-corrected chi connectivity index (χ4v) is 1.92. The molecule has 0 N–H and O–H groups in total. The van der Waals surface area contributed by atoms with Gasteiger partial charge in [-0.05, 0) is 29.7 Å². The summed E-state index contributed by atoms with van der Waals surface area (Å²) in [6, 6.07) is 15.9. The van der Waals surface area contributed by atoms with Crippen LogP contribution in [0.25, 0.3) is 6.08 Å². The lowest BCUT2D eigenvalue weighted by atomic mass is 10.2. The molecule has 124 valence electrons. The smallest absolute Gasteiger partial charge is 0.341 e. The molecule has 0 radical (unpaired) electrons. The van der Waals surface area contributed by atoms with E-state index in [1.165, 1.54) is 6.08 Å². The van der Waals surface area contributed by atoms with Gasteiger partial charge in [0.1, 0.15) is 11.3 Å². The molecule has 0 aliphatic heterocycles. The highest BCUT2D eigenvalue weighted by Gasteiger charge is 2.15. The molecule has 0 aliphatic rings. The van der Waals surface area contributed by atoms with Crippen molar-refractivity contribution in [3.05, 3.63) is 71.8 Å². The molecule has 0 atom stereocenters. The van der Waals surface area contributed by atoms with E-state index >= 15 is 0 Å². The number of hydrogen-bond acceptors (Lipinski definition) is 4. The first-order valence-electron chi connectivity index (χ1n) is 7.77. The first-order valence-corrected chi connectivity index (χ1v) is 7.77. The second-order valence-electron chi connectivity index (χ2n) is 5.65. The van der Waals surface area contributed by atoms with E-state index in [2.05, 4.69) is 0 Å². The number of rotatable bonds is 6. The Hall–Kier alpha value is -2.88. The van der Waals surface area contributed by atoms with Crippen molar-refractivity contribution in [3.8, 4) is 5.75 Å². The quantitative estimate of drug-likeness (QED) is 0.456. The Labute approximate surface area is 141 Å². The van der Waals surface area contributed by atoms with Crippen LogP contribution in [-0.2, 0) is 9.53 Å². The molecule has 4 heteroatoms. The minimum atomic E-state index is -0.553. The summed E-state index contributed by atoms with van der Waals surface area (Å²) >= 11 is 0. The Morgan fingerprint density at radius 2 is 1.67 bits per heavy atom. The van der Waals surface area contributed by atoms with Gasteiger partial charge in [-0.1, -0.05) is 56.3 Å². The van der Waals surface area contributed by atoms with E-state index in [-0.39, 0.29) is 17.2 Å². The third-order valence-electron chi connectivity index (χ3n) is 3.08. The predicted molar refractivity (Wildman–Crippen MR) is 92.7 cm³/mol. The summed E-state index contributed by atoms with van der Waals surface area (Å²) in [6.07, 6.45) is 2.98. The summed E-state index contributed by atoms with van der Waals surface area (Å²) in [5.41, 5.74) is 1.12. The highest BCUT2D eigenvalue weighted by Crippen LogP contribution is 2.19. The Morgan fingerprint density at radius 1 is 1.00 bits per heavy atom.